The number of nitrogens with zero attached hydrogens (tertiary/aromatic N) is 5. The van der Waals surface area contributed by atoms with Crippen molar-refractivity contribution in [1.29, 1.82) is 0 Å². The lowest BCUT2D eigenvalue weighted by molar-refractivity contribution is -0.385. The molecule has 0 spiro atoms. The molecule has 1 fully saturated rings. The smallest absolute Gasteiger partial charge is 0.376 e. The molecule has 10 nitrogen and oxygen atoms in total. The molecule has 1 N–H and O–H groups in total. The molecule has 2 aromatic rings. The number of sulfonamides is 1. The summed E-state index contributed by atoms with van der Waals surface area (Å²) >= 11 is 4.12. The first-order valence-corrected chi connectivity index (χ1v) is 11.4. The Balaban J connectivity index is 1.80. The summed E-state index contributed by atoms with van der Waals surface area (Å²) in [5.74, 6) is 0.0755. The fourth-order valence-electron chi connectivity index (χ4n) is 3.29. The normalized spacial score (nSPS) is 19.8. The van der Waals surface area contributed by atoms with Gasteiger partial charge in [-0.25, -0.2) is 18.4 Å². The lowest BCUT2D eigenvalue weighted by atomic mass is 9.99. The van der Waals surface area contributed by atoms with Crippen molar-refractivity contribution < 1.29 is 31.6 Å². The predicted octanol–water partition coefficient (Wildman–Crippen LogP) is 2.34. The maximum absolute atomic E-state index is 13.1. The number of aliphatic hydroxyl groups is 1. The zero-order valence-corrected chi connectivity index (χ0v) is 19.1. The third-order valence-electron chi connectivity index (χ3n) is 5.37. The first-order chi connectivity index (χ1) is 15.2. The van der Waals surface area contributed by atoms with E-state index in [1.54, 1.807) is 11.8 Å². The van der Waals surface area contributed by atoms with Gasteiger partial charge in [0.2, 0.25) is 16.0 Å². The SMILES string of the molecule is C[C@H]1CN(S(=O)(=O)c2cc([N+](=O)[O-])ccc2S)CCN1c1ncc(C(C)(O)C(F)(F)F)cn1. The molecule has 3 rings (SSSR count). The lowest BCUT2D eigenvalue weighted by Crippen LogP contribution is -2.54. The molecule has 1 aliphatic heterocycles. The van der Waals surface area contributed by atoms with Crippen LogP contribution in [0, 0.1) is 10.1 Å². The quantitative estimate of drug-likeness (QED) is 0.358. The topological polar surface area (TPSA) is 130 Å². The number of anilines is 1. The van der Waals surface area contributed by atoms with Crippen LogP contribution in [0.5, 0.6) is 0 Å². The average molecular weight is 508 g/mol. The molecule has 33 heavy (non-hydrogen) atoms. The maximum atomic E-state index is 13.1. The van der Waals surface area contributed by atoms with E-state index < -0.39 is 38.3 Å². The molecule has 1 aromatic heterocycles. The Bertz CT molecular complexity index is 1160. The number of hydrogen-bond acceptors (Lipinski definition) is 9. The summed E-state index contributed by atoms with van der Waals surface area (Å²) < 4.78 is 66.4. The van der Waals surface area contributed by atoms with Crippen LogP contribution in [-0.2, 0) is 15.6 Å². The van der Waals surface area contributed by atoms with Crippen molar-refractivity contribution >= 4 is 34.3 Å². The molecule has 0 radical (unpaired) electrons. The van der Waals surface area contributed by atoms with Crippen molar-refractivity contribution in [3.63, 3.8) is 0 Å². The number of nitro groups is 1. The summed E-state index contributed by atoms with van der Waals surface area (Å²) in [6.07, 6.45) is -3.16. The second-order valence-corrected chi connectivity index (χ2v) is 10.0. The Labute approximate surface area is 192 Å². The van der Waals surface area contributed by atoms with Crippen LogP contribution in [-0.4, -0.2) is 64.6 Å². The largest absolute Gasteiger partial charge is 0.421 e. The van der Waals surface area contributed by atoms with E-state index in [1.807, 2.05) is 0 Å². The number of hydrogen-bond donors (Lipinski definition) is 2. The standard InChI is InChI=1S/C18H20F3N5O5S2/c1-11-10-24(33(30,31)15-7-13(26(28)29)3-4-14(15)32)5-6-25(11)16-22-8-12(9-23-16)17(2,27)18(19,20)21/h3-4,7-9,11,27,32H,5-6,10H2,1-2H3/t11-,17?/m0/s1. The fraction of sp³-hybridized carbons (Fsp3) is 0.444. The number of non-ortho nitro benzene ring substituents is 1. The van der Waals surface area contributed by atoms with Gasteiger partial charge in [-0.15, -0.1) is 12.6 Å². The number of piperazine rings is 1. The van der Waals surface area contributed by atoms with Crippen LogP contribution in [0.25, 0.3) is 0 Å². The Morgan fingerprint density at radius 2 is 1.85 bits per heavy atom. The molecule has 1 aliphatic rings. The number of aromatic nitrogens is 2. The van der Waals surface area contributed by atoms with Gasteiger partial charge in [-0.3, -0.25) is 10.1 Å². The molecule has 2 atom stereocenters. The van der Waals surface area contributed by atoms with Crippen molar-refractivity contribution in [3.05, 3.63) is 46.3 Å². The van der Waals surface area contributed by atoms with Gasteiger partial charge in [-0.2, -0.15) is 17.5 Å². The van der Waals surface area contributed by atoms with E-state index in [9.17, 15) is 36.8 Å². The molecule has 0 amide bonds. The first kappa shape index (κ1) is 25.1. The minimum atomic E-state index is -4.91. The number of alkyl halides is 3. The van der Waals surface area contributed by atoms with Gasteiger partial charge >= 0.3 is 6.18 Å². The average Bonchev–Trinajstić information content (AvgIpc) is 2.73. The van der Waals surface area contributed by atoms with Crippen LogP contribution in [0.3, 0.4) is 0 Å². The van der Waals surface area contributed by atoms with Gasteiger partial charge in [0.05, 0.1) is 4.92 Å². The molecule has 15 heteroatoms. The van der Waals surface area contributed by atoms with E-state index in [0.29, 0.717) is 6.92 Å². The van der Waals surface area contributed by atoms with E-state index in [4.69, 9.17) is 0 Å². The van der Waals surface area contributed by atoms with Crippen molar-refractivity contribution in [1.82, 2.24) is 14.3 Å². The van der Waals surface area contributed by atoms with Gasteiger partial charge in [0, 0.05) is 60.7 Å². The summed E-state index contributed by atoms with van der Waals surface area (Å²) in [7, 11) is -4.10. The van der Waals surface area contributed by atoms with Gasteiger partial charge in [-0.1, -0.05) is 0 Å². The molecule has 1 aromatic carbocycles. The minimum Gasteiger partial charge on any atom is -0.376 e. The van der Waals surface area contributed by atoms with E-state index in [0.717, 1.165) is 28.8 Å². The molecule has 0 aliphatic carbocycles. The zero-order valence-electron chi connectivity index (χ0n) is 17.4. The van der Waals surface area contributed by atoms with Crippen molar-refractivity contribution in [3.8, 4) is 0 Å². The number of rotatable bonds is 5. The van der Waals surface area contributed by atoms with Crippen LogP contribution in [0.4, 0.5) is 24.8 Å². The van der Waals surface area contributed by atoms with Crippen LogP contribution in [0.2, 0.25) is 0 Å². The highest BCUT2D eigenvalue weighted by Crippen LogP contribution is 2.38. The van der Waals surface area contributed by atoms with Crippen molar-refractivity contribution in [2.75, 3.05) is 24.5 Å². The second kappa shape index (κ2) is 8.70. The summed E-state index contributed by atoms with van der Waals surface area (Å²) in [5, 5.41) is 20.8. The second-order valence-electron chi connectivity index (χ2n) is 7.66. The predicted molar refractivity (Wildman–Crippen MR) is 114 cm³/mol. The Morgan fingerprint density at radius 1 is 1.24 bits per heavy atom. The minimum absolute atomic E-state index is 0.0199. The van der Waals surface area contributed by atoms with Crippen LogP contribution in [0.1, 0.15) is 19.4 Å². The third-order valence-corrected chi connectivity index (χ3v) is 7.82. The molecule has 1 saturated heterocycles. The summed E-state index contributed by atoms with van der Waals surface area (Å²) in [5.41, 5.74) is -4.03. The highest BCUT2D eigenvalue weighted by atomic mass is 32.2. The number of nitro benzene ring substituents is 1. The molecule has 180 valence electrons. The summed E-state index contributed by atoms with van der Waals surface area (Å²) in [4.78, 5) is 19.6. The van der Waals surface area contributed by atoms with Gasteiger partial charge in [0.1, 0.15) is 4.90 Å². The van der Waals surface area contributed by atoms with E-state index in [1.165, 1.54) is 6.07 Å². The monoisotopic (exact) mass is 507 g/mol. The summed E-state index contributed by atoms with van der Waals surface area (Å²) in [6, 6.07) is 2.87. The molecular formula is C18H20F3N5O5S2. The van der Waals surface area contributed by atoms with E-state index in [2.05, 4.69) is 22.6 Å². The number of thiol groups is 1. The number of benzene rings is 1. The summed E-state index contributed by atoms with van der Waals surface area (Å²) in [6.45, 7) is 2.35. The maximum Gasteiger partial charge on any atom is 0.421 e. The third kappa shape index (κ3) is 4.76. The Kier molecular flexibility index (Phi) is 6.63. The Hall–Kier alpha value is -2.49. The van der Waals surface area contributed by atoms with Gasteiger partial charge in [0.25, 0.3) is 5.69 Å². The van der Waals surface area contributed by atoms with Crippen molar-refractivity contribution in [2.45, 2.75) is 41.5 Å². The zero-order chi connectivity index (χ0) is 24.8. The molecule has 2 heterocycles. The van der Waals surface area contributed by atoms with Gasteiger partial charge < -0.3 is 10.0 Å². The van der Waals surface area contributed by atoms with Crippen LogP contribution in [0.15, 0.2) is 40.4 Å². The van der Waals surface area contributed by atoms with Gasteiger partial charge in [-0.05, 0) is 19.9 Å². The Morgan fingerprint density at radius 3 is 2.36 bits per heavy atom. The molecular weight excluding hydrogens is 487 g/mol. The van der Waals surface area contributed by atoms with Crippen LogP contribution < -0.4 is 4.90 Å². The number of halogens is 3. The lowest BCUT2D eigenvalue weighted by Gasteiger charge is -2.39. The molecule has 0 saturated carbocycles. The molecule has 0 bridgehead atoms. The van der Waals surface area contributed by atoms with Crippen LogP contribution >= 0.6 is 12.6 Å². The highest BCUT2D eigenvalue weighted by Gasteiger charge is 2.51. The van der Waals surface area contributed by atoms with E-state index >= 15 is 0 Å². The fourth-order valence-corrected chi connectivity index (χ4v) is 5.39. The van der Waals surface area contributed by atoms with Crippen molar-refractivity contribution in [2.24, 2.45) is 0 Å². The molecule has 1 unspecified atom stereocenters. The van der Waals surface area contributed by atoms with E-state index in [-0.39, 0.29) is 41.1 Å². The first-order valence-electron chi connectivity index (χ1n) is 9.52. The highest BCUT2D eigenvalue weighted by molar-refractivity contribution is 7.90. The van der Waals surface area contributed by atoms with Gasteiger partial charge in [0.15, 0.2) is 5.60 Å².